The molecule has 31 heavy (non-hydrogen) atoms. The number of nitrogens with zero attached hydrogens (tertiary/aromatic N) is 2. The topological polar surface area (TPSA) is 98.8 Å². The quantitative estimate of drug-likeness (QED) is 0.702. The first kappa shape index (κ1) is 22.8. The van der Waals surface area contributed by atoms with Crippen LogP contribution in [0.2, 0.25) is 0 Å². The second-order valence-electron chi connectivity index (χ2n) is 9.78. The maximum Gasteiger partial charge on any atom is 0.325 e. The van der Waals surface area contributed by atoms with E-state index < -0.39 is 11.6 Å². The van der Waals surface area contributed by atoms with E-state index in [0.29, 0.717) is 30.9 Å². The molecule has 1 saturated carbocycles. The van der Waals surface area contributed by atoms with Crippen LogP contribution >= 0.6 is 0 Å². The van der Waals surface area contributed by atoms with E-state index in [1.165, 1.54) is 4.90 Å². The molecule has 168 valence electrons. The number of urea groups is 1. The van der Waals surface area contributed by atoms with Crippen molar-refractivity contribution in [3.8, 4) is 0 Å². The van der Waals surface area contributed by atoms with E-state index in [1.54, 1.807) is 38.4 Å². The van der Waals surface area contributed by atoms with Gasteiger partial charge in [-0.3, -0.25) is 19.3 Å². The lowest BCUT2D eigenvalue weighted by atomic mass is 9.64. The molecule has 0 bridgehead atoms. The fourth-order valence-electron chi connectivity index (χ4n) is 5.17. The van der Waals surface area contributed by atoms with Crippen LogP contribution in [0.15, 0.2) is 24.3 Å². The second kappa shape index (κ2) is 8.32. The summed E-state index contributed by atoms with van der Waals surface area (Å²) in [5.41, 5.74) is 0.417. The van der Waals surface area contributed by atoms with Gasteiger partial charge in [-0.15, -0.1) is 0 Å². The lowest BCUT2D eigenvalue weighted by Crippen LogP contribution is -2.54. The lowest BCUT2D eigenvalue weighted by molar-refractivity contribution is -0.140. The van der Waals surface area contributed by atoms with Crippen LogP contribution in [0.5, 0.6) is 0 Å². The average Bonchev–Trinajstić information content (AvgIpc) is 2.89. The van der Waals surface area contributed by atoms with E-state index in [0.717, 1.165) is 16.9 Å². The van der Waals surface area contributed by atoms with Gasteiger partial charge >= 0.3 is 6.03 Å². The molecule has 2 atom stereocenters. The van der Waals surface area contributed by atoms with E-state index in [4.69, 9.17) is 0 Å². The first-order valence-electron chi connectivity index (χ1n) is 10.7. The molecule has 1 aliphatic heterocycles. The largest absolute Gasteiger partial charge is 0.355 e. The summed E-state index contributed by atoms with van der Waals surface area (Å²) in [6.45, 7) is 6.35. The van der Waals surface area contributed by atoms with E-state index in [1.807, 2.05) is 0 Å². The summed E-state index contributed by atoms with van der Waals surface area (Å²) < 4.78 is 0. The number of imide groups is 1. The number of nitrogens with one attached hydrogen (secondary N) is 2. The van der Waals surface area contributed by atoms with Gasteiger partial charge in [-0.2, -0.15) is 0 Å². The van der Waals surface area contributed by atoms with E-state index >= 15 is 0 Å². The first-order valence-corrected chi connectivity index (χ1v) is 10.7. The first-order chi connectivity index (χ1) is 14.5. The third kappa shape index (κ3) is 4.73. The van der Waals surface area contributed by atoms with Gasteiger partial charge in [0, 0.05) is 26.2 Å². The number of rotatable bonds is 5. The van der Waals surface area contributed by atoms with Crippen molar-refractivity contribution < 1.29 is 19.2 Å². The highest BCUT2D eigenvalue weighted by Gasteiger charge is 2.56. The second-order valence-corrected chi connectivity index (χ2v) is 9.78. The number of likely N-dealkylation sites (N-methyl/N-ethyl adjacent to an activating group) is 1. The van der Waals surface area contributed by atoms with Gasteiger partial charge in [0.1, 0.15) is 12.1 Å². The van der Waals surface area contributed by atoms with Gasteiger partial charge in [-0.25, -0.2) is 4.79 Å². The van der Waals surface area contributed by atoms with Gasteiger partial charge in [-0.05, 0) is 48.3 Å². The molecule has 3 rings (SSSR count). The Hall–Kier alpha value is -2.90. The number of carbonyl (C=O) groups is 4. The highest BCUT2D eigenvalue weighted by atomic mass is 16.2. The molecule has 2 aliphatic rings. The summed E-state index contributed by atoms with van der Waals surface area (Å²) in [6.07, 6.45) is 2.17. The number of benzene rings is 1. The summed E-state index contributed by atoms with van der Waals surface area (Å²) in [5.74, 6) is -0.486. The third-order valence-electron chi connectivity index (χ3n) is 6.21. The van der Waals surface area contributed by atoms with Crippen molar-refractivity contribution in [2.75, 3.05) is 20.6 Å². The van der Waals surface area contributed by atoms with E-state index in [9.17, 15) is 19.2 Å². The maximum absolute atomic E-state index is 13.2. The number of hydrogen-bond acceptors (Lipinski definition) is 4. The predicted molar refractivity (Wildman–Crippen MR) is 116 cm³/mol. The molecule has 0 radical (unpaired) electrons. The Bertz CT molecular complexity index is 895. The lowest BCUT2D eigenvalue weighted by Gasteiger charge is -2.43. The van der Waals surface area contributed by atoms with Gasteiger partial charge in [0.05, 0.1) is 0 Å². The van der Waals surface area contributed by atoms with Crippen molar-refractivity contribution in [1.29, 1.82) is 0 Å². The molecule has 2 N–H and O–H groups in total. The van der Waals surface area contributed by atoms with Crippen LogP contribution in [-0.4, -0.2) is 59.7 Å². The van der Waals surface area contributed by atoms with Crippen molar-refractivity contribution in [2.24, 2.45) is 11.3 Å². The fourth-order valence-corrected chi connectivity index (χ4v) is 5.17. The minimum absolute atomic E-state index is 0.0573. The molecule has 0 aromatic heterocycles. The SMILES string of the molecule is CNC(=O)c1ccc(CN(C)C(=O)CN2C(=O)N[C@@]3(C[C@H](C)CC(C)(C)C3)C2=O)cc1. The van der Waals surface area contributed by atoms with Crippen LogP contribution in [0.4, 0.5) is 4.79 Å². The molecule has 0 unspecified atom stereocenters. The molecule has 1 spiro atoms. The van der Waals surface area contributed by atoms with Gasteiger partial charge in [0.15, 0.2) is 0 Å². The number of amides is 5. The minimum atomic E-state index is -0.910. The summed E-state index contributed by atoms with van der Waals surface area (Å²) >= 11 is 0. The Balaban J connectivity index is 1.65. The van der Waals surface area contributed by atoms with Crippen LogP contribution < -0.4 is 10.6 Å². The Morgan fingerprint density at radius 2 is 1.84 bits per heavy atom. The van der Waals surface area contributed by atoms with Crippen LogP contribution in [-0.2, 0) is 16.1 Å². The number of hydrogen-bond donors (Lipinski definition) is 2. The number of carbonyl (C=O) groups excluding carboxylic acids is 4. The molecule has 8 heteroatoms. The molecule has 1 aromatic rings. The Labute approximate surface area is 183 Å². The maximum atomic E-state index is 13.2. The Kier molecular flexibility index (Phi) is 6.11. The average molecular weight is 429 g/mol. The van der Waals surface area contributed by atoms with Crippen molar-refractivity contribution in [1.82, 2.24) is 20.4 Å². The summed E-state index contributed by atoms with van der Waals surface area (Å²) in [7, 11) is 3.20. The molecule has 1 saturated heterocycles. The zero-order chi connectivity index (χ0) is 23.0. The van der Waals surface area contributed by atoms with E-state index in [-0.39, 0.29) is 29.7 Å². The van der Waals surface area contributed by atoms with E-state index in [2.05, 4.69) is 31.4 Å². The van der Waals surface area contributed by atoms with Gasteiger partial charge in [0.25, 0.3) is 11.8 Å². The van der Waals surface area contributed by atoms with Crippen molar-refractivity contribution >= 4 is 23.8 Å². The Morgan fingerprint density at radius 3 is 2.42 bits per heavy atom. The normalized spacial score (nSPS) is 24.8. The molecule has 2 fully saturated rings. The molecular weight excluding hydrogens is 396 g/mol. The highest BCUT2D eigenvalue weighted by molar-refractivity contribution is 6.09. The zero-order valence-electron chi connectivity index (χ0n) is 18.9. The standard InChI is InChI=1S/C23H32N4O4/c1-15-10-22(2,3)14-23(11-15)20(30)27(21(31)25-23)13-18(28)26(5)12-16-6-8-17(9-7-16)19(29)24-4/h6-9,15H,10-14H2,1-5H3,(H,24,29)(H,25,31)/t15-,23-/m1/s1. The van der Waals surface area contributed by atoms with Crippen LogP contribution in [0.3, 0.4) is 0 Å². The van der Waals surface area contributed by atoms with Gasteiger partial charge < -0.3 is 15.5 Å². The van der Waals surface area contributed by atoms with Crippen molar-refractivity contribution in [2.45, 2.75) is 52.1 Å². The smallest absolute Gasteiger partial charge is 0.325 e. The molecule has 1 aliphatic carbocycles. The van der Waals surface area contributed by atoms with Crippen LogP contribution in [0, 0.1) is 11.3 Å². The molecule has 8 nitrogen and oxygen atoms in total. The molecule has 5 amide bonds. The highest BCUT2D eigenvalue weighted by Crippen LogP contribution is 2.46. The minimum Gasteiger partial charge on any atom is -0.355 e. The molecule has 1 aromatic carbocycles. The molecular formula is C23H32N4O4. The third-order valence-corrected chi connectivity index (χ3v) is 6.21. The monoisotopic (exact) mass is 428 g/mol. The fraction of sp³-hybridized carbons (Fsp3) is 0.565. The summed E-state index contributed by atoms with van der Waals surface area (Å²) in [6, 6.07) is 6.45. The predicted octanol–water partition coefficient (Wildman–Crippen LogP) is 2.14. The van der Waals surface area contributed by atoms with Crippen molar-refractivity contribution in [3.05, 3.63) is 35.4 Å². The van der Waals surface area contributed by atoms with Gasteiger partial charge in [-0.1, -0.05) is 32.9 Å². The summed E-state index contributed by atoms with van der Waals surface area (Å²) in [5, 5.41) is 5.46. The summed E-state index contributed by atoms with van der Waals surface area (Å²) in [4.78, 5) is 52.8. The van der Waals surface area contributed by atoms with Crippen LogP contribution in [0.1, 0.15) is 56.0 Å². The zero-order valence-corrected chi connectivity index (χ0v) is 18.9. The Morgan fingerprint density at radius 1 is 1.19 bits per heavy atom. The van der Waals surface area contributed by atoms with Crippen molar-refractivity contribution in [3.63, 3.8) is 0 Å². The molecule has 1 heterocycles. The van der Waals surface area contributed by atoms with Gasteiger partial charge in [0.2, 0.25) is 5.91 Å². The van der Waals surface area contributed by atoms with Crippen LogP contribution in [0.25, 0.3) is 0 Å².